The van der Waals surface area contributed by atoms with Gasteiger partial charge in [-0.15, -0.1) is 0 Å². The molecule has 0 aliphatic heterocycles. The van der Waals surface area contributed by atoms with Gasteiger partial charge in [-0.25, -0.2) is 0 Å². The molecule has 1 aromatic carbocycles. The molecule has 6 heteroatoms. The second-order valence-corrected chi connectivity index (χ2v) is 5.71. The van der Waals surface area contributed by atoms with Crippen LogP contribution < -0.4 is 5.32 Å². The number of hydrogen-bond donors (Lipinski definition) is 1. The van der Waals surface area contributed by atoms with E-state index in [1.165, 1.54) is 0 Å². The number of anilines is 1. The molecule has 0 bridgehead atoms. The predicted octanol–water partition coefficient (Wildman–Crippen LogP) is 5.53. The lowest BCUT2D eigenvalue weighted by molar-refractivity contribution is -0.182. The number of hydrogen-bond acceptors (Lipinski definition) is 1. The Morgan fingerprint density at radius 2 is 1.89 bits per heavy atom. The molecule has 0 saturated heterocycles. The van der Waals surface area contributed by atoms with E-state index in [1.54, 1.807) is 18.2 Å². The highest BCUT2D eigenvalue weighted by Crippen LogP contribution is 2.39. The third-order valence-electron chi connectivity index (χ3n) is 3.43. The lowest BCUT2D eigenvalue weighted by atomic mass is 9.85. The fraction of sp³-hybridized carbons (Fsp3) is 0.538. The van der Waals surface area contributed by atoms with E-state index in [-0.39, 0.29) is 18.9 Å². The van der Waals surface area contributed by atoms with Crippen molar-refractivity contribution in [3.05, 3.63) is 28.2 Å². The second-order valence-electron chi connectivity index (χ2n) is 4.87. The maximum atomic E-state index is 12.7. The fourth-order valence-electron chi connectivity index (χ4n) is 2.44. The zero-order valence-corrected chi connectivity index (χ0v) is 11.6. The summed E-state index contributed by atoms with van der Waals surface area (Å²) in [7, 11) is 0. The van der Waals surface area contributed by atoms with E-state index in [2.05, 4.69) is 5.32 Å². The first-order valence-electron chi connectivity index (χ1n) is 6.14. The standard InChI is InChI=1S/C13H14Cl2F3N/c14-9-4-5-12(11(15)7-9)19-10-3-1-2-8(6-10)13(16,17)18/h4-5,7-8,10,19H,1-3,6H2. The van der Waals surface area contributed by atoms with Gasteiger partial charge in [-0.3, -0.25) is 0 Å². The Morgan fingerprint density at radius 1 is 1.16 bits per heavy atom. The van der Waals surface area contributed by atoms with Crippen LogP contribution in [0.3, 0.4) is 0 Å². The van der Waals surface area contributed by atoms with Gasteiger partial charge in [0.1, 0.15) is 0 Å². The Bertz CT molecular complexity index is 448. The third-order valence-corrected chi connectivity index (χ3v) is 3.98. The predicted molar refractivity (Wildman–Crippen MR) is 71.9 cm³/mol. The lowest BCUT2D eigenvalue weighted by Gasteiger charge is -2.31. The average molecular weight is 312 g/mol. The topological polar surface area (TPSA) is 12.0 Å². The molecule has 2 atom stereocenters. The van der Waals surface area contributed by atoms with Crippen LogP contribution in [0.25, 0.3) is 0 Å². The van der Waals surface area contributed by atoms with Crippen LogP contribution in [0.4, 0.5) is 18.9 Å². The first kappa shape index (κ1) is 14.8. The summed E-state index contributed by atoms with van der Waals surface area (Å²) in [6.07, 6.45) is -2.48. The maximum Gasteiger partial charge on any atom is 0.391 e. The Labute approximate surface area is 120 Å². The third kappa shape index (κ3) is 3.93. The summed E-state index contributed by atoms with van der Waals surface area (Å²) < 4.78 is 38.1. The summed E-state index contributed by atoms with van der Waals surface area (Å²) in [5, 5.41) is 4.03. The van der Waals surface area contributed by atoms with Gasteiger partial charge in [0.05, 0.1) is 16.6 Å². The molecule has 1 N–H and O–H groups in total. The van der Waals surface area contributed by atoms with Gasteiger partial charge in [-0.05, 0) is 37.5 Å². The summed E-state index contributed by atoms with van der Waals surface area (Å²) in [6.45, 7) is 0. The van der Waals surface area contributed by atoms with E-state index >= 15 is 0 Å². The highest BCUT2D eigenvalue weighted by molar-refractivity contribution is 6.36. The molecule has 0 radical (unpaired) electrons. The van der Waals surface area contributed by atoms with Gasteiger partial charge < -0.3 is 5.32 Å². The van der Waals surface area contributed by atoms with Crippen LogP contribution in [-0.4, -0.2) is 12.2 Å². The second kappa shape index (κ2) is 5.80. The molecule has 1 nitrogen and oxygen atoms in total. The molecule has 1 aromatic rings. The Morgan fingerprint density at radius 3 is 2.53 bits per heavy atom. The number of nitrogens with one attached hydrogen (secondary N) is 1. The van der Waals surface area contributed by atoms with Crippen LogP contribution in [0.15, 0.2) is 18.2 Å². The normalized spacial score (nSPS) is 24.3. The maximum absolute atomic E-state index is 12.7. The van der Waals surface area contributed by atoms with Crippen LogP contribution in [0.1, 0.15) is 25.7 Å². The van der Waals surface area contributed by atoms with E-state index < -0.39 is 12.1 Å². The molecule has 0 amide bonds. The molecular weight excluding hydrogens is 298 g/mol. The van der Waals surface area contributed by atoms with Gasteiger partial charge in [0, 0.05) is 11.1 Å². The van der Waals surface area contributed by atoms with E-state index in [0.29, 0.717) is 22.2 Å². The van der Waals surface area contributed by atoms with Crippen molar-refractivity contribution in [2.24, 2.45) is 5.92 Å². The molecule has 2 rings (SSSR count). The van der Waals surface area contributed by atoms with Crippen LogP contribution in [0, 0.1) is 5.92 Å². The van der Waals surface area contributed by atoms with Crippen molar-refractivity contribution >= 4 is 28.9 Å². The first-order chi connectivity index (χ1) is 8.86. The Hall–Kier alpha value is -0.610. The largest absolute Gasteiger partial charge is 0.391 e. The van der Waals surface area contributed by atoms with Gasteiger partial charge in [0.25, 0.3) is 0 Å². The van der Waals surface area contributed by atoms with Crippen molar-refractivity contribution in [3.63, 3.8) is 0 Å². The molecule has 2 unspecified atom stereocenters. The van der Waals surface area contributed by atoms with Crippen molar-refractivity contribution in [1.29, 1.82) is 0 Å². The number of alkyl halides is 3. The van der Waals surface area contributed by atoms with Gasteiger partial charge in [-0.1, -0.05) is 29.6 Å². The van der Waals surface area contributed by atoms with Crippen LogP contribution >= 0.6 is 23.2 Å². The van der Waals surface area contributed by atoms with E-state index in [0.717, 1.165) is 6.42 Å². The molecule has 1 aliphatic rings. The monoisotopic (exact) mass is 311 g/mol. The summed E-state index contributed by atoms with van der Waals surface area (Å²) in [5.74, 6) is -1.22. The highest BCUT2D eigenvalue weighted by atomic mass is 35.5. The summed E-state index contributed by atoms with van der Waals surface area (Å²) in [4.78, 5) is 0. The average Bonchev–Trinajstić information content (AvgIpc) is 2.32. The summed E-state index contributed by atoms with van der Waals surface area (Å²) >= 11 is 11.8. The summed E-state index contributed by atoms with van der Waals surface area (Å²) in [6, 6.07) is 4.75. The molecule has 1 saturated carbocycles. The van der Waals surface area contributed by atoms with Crippen LogP contribution in [0.2, 0.25) is 10.0 Å². The zero-order chi connectivity index (χ0) is 14.0. The van der Waals surface area contributed by atoms with E-state index in [1.807, 2.05) is 0 Å². The van der Waals surface area contributed by atoms with Crippen molar-refractivity contribution < 1.29 is 13.2 Å². The molecule has 0 aromatic heterocycles. The highest BCUT2D eigenvalue weighted by Gasteiger charge is 2.42. The van der Waals surface area contributed by atoms with Crippen LogP contribution in [0.5, 0.6) is 0 Å². The molecule has 106 valence electrons. The number of halogens is 5. The van der Waals surface area contributed by atoms with Crippen LogP contribution in [-0.2, 0) is 0 Å². The van der Waals surface area contributed by atoms with Crippen molar-refractivity contribution in [2.45, 2.75) is 37.9 Å². The molecule has 19 heavy (non-hydrogen) atoms. The first-order valence-corrected chi connectivity index (χ1v) is 6.90. The molecule has 0 spiro atoms. The minimum atomic E-state index is -4.11. The quantitative estimate of drug-likeness (QED) is 0.757. The van der Waals surface area contributed by atoms with E-state index in [9.17, 15) is 13.2 Å². The van der Waals surface area contributed by atoms with Gasteiger partial charge >= 0.3 is 6.18 Å². The SMILES string of the molecule is FC(F)(F)C1CCCC(Nc2ccc(Cl)cc2Cl)C1. The Balaban J connectivity index is 2.03. The van der Waals surface area contributed by atoms with Gasteiger partial charge in [-0.2, -0.15) is 13.2 Å². The van der Waals surface area contributed by atoms with Crippen molar-refractivity contribution in [1.82, 2.24) is 0 Å². The molecule has 1 fully saturated rings. The fourth-order valence-corrected chi connectivity index (χ4v) is 2.91. The Kier molecular flexibility index (Phi) is 4.51. The number of benzene rings is 1. The molecular formula is C13H14Cl2F3N. The summed E-state index contributed by atoms with van der Waals surface area (Å²) in [5.41, 5.74) is 0.638. The minimum Gasteiger partial charge on any atom is -0.381 e. The smallest absolute Gasteiger partial charge is 0.381 e. The number of rotatable bonds is 2. The molecule has 1 aliphatic carbocycles. The zero-order valence-electron chi connectivity index (χ0n) is 10.1. The lowest BCUT2D eigenvalue weighted by Crippen LogP contribution is -2.34. The van der Waals surface area contributed by atoms with Crippen molar-refractivity contribution in [3.8, 4) is 0 Å². The van der Waals surface area contributed by atoms with Gasteiger partial charge in [0.2, 0.25) is 0 Å². The van der Waals surface area contributed by atoms with Gasteiger partial charge in [0.15, 0.2) is 0 Å². The minimum absolute atomic E-state index is 0.0997. The van der Waals surface area contributed by atoms with E-state index in [4.69, 9.17) is 23.2 Å². The molecule has 0 heterocycles. The van der Waals surface area contributed by atoms with Crippen molar-refractivity contribution in [2.75, 3.05) is 5.32 Å².